The number of nitrogens with one attached hydrogen (secondary N) is 1. The number of hydrogen-bond acceptors (Lipinski definition) is 3. The maximum Gasteiger partial charge on any atom is 0.119 e. The van der Waals surface area contributed by atoms with Crippen LogP contribution in [0.2, 0.25) is 0 Å². The van der Waals surface area contributed by atoms with Crippen LogP contribution in [0.3, 0.4) is 0 Å². The molecule has 0 saturated carbocycles. The first-order valence-corrected chi connectivity index (χ1v) is 8.68. The van der Waals surface area contributed by atoms with E-state index >= 15 is 0 Å². The zero-order valence-corrected chi connectivity index (χ0v) is 14.8. The molecule has 0 amide bonds. The third-order valence-electron chi connectivity index (χ3n) is 3.90. The molecule has 1 aliphatic heterocycles. The molecule has 0 radical (unpaired) electrons. The molecular formula is C24H21NO2. The van der Waals surface area contributed by atoms with Crippen molar-refractivity contribution in [2.75, 3.05) is 0 Å². The van der Waals surface area contributed by atoms with Crippen LogP contribution in [0.4, 0.5) is 0 Å². The first-order chi connectivity index (χ1) is 13.3. The van der Waals surface area contributed by atoms with Crippen LogP contribution in [0.25, 0.3) is 21.5 Å². The Kier molecular flexibility index (Phi) is 6.48. The Morgan fingerprint density at radius 3 is 1.52 bits per heavy atom. The van der Waals surface area contributed by atoms with E-state index < -0.39 is 0 Å². The number of para-hydroxylation sites is 1. The van der Waals surface area contributed by atoms with Crippen molar-refractivity contribution in [3.05, 3.63) is 116 Å². The predicted molar refractivity (Wildman–Crippen MR) is 112 cm³/mol. The number of hydroxylamine groups is 1. The minimum atomic E-state index is 0.322. The van der Waals surface area contributed by atoms with Gasteiger partial charge in [0.15, 0.2) is 0 Å². The van der Waals surface area contributed by atoms with E-state index in [0.29, 0.717) is 5.75 Å². The van der Waals surface area contributed by atoms with Crippen LogP contribution < -0.4 is 5.48 Å². The molecule has 2 N–H and O–H groups in total. The molecule has 0 aromatic heterocycles. The number of aromatic hydroxyl groups is 1. The predicted octanol–water partition coefficient (Wildman–Crippen LogP) is 5.93. The van der Waals surface area contributed by atoms with Gasteiger partial charge >= 0.3 is 0 Å². The lowest BCUT2D eigenvalue weighted by Crippen LogP contribution is -2.01. The highest BCUT2D eigenvalue weighted by atomic mass is 16.6. The molecule has 0 aliphatic carbocycles. The fraction of sp³-hybridized carbons (Fsp3) is 0. The van der Waals surface area contributed by atoms with Crippen molar-refractivity contribution in [2.24, 2.45) is 0 Å². The van der Waals surface area contributed by atoms with Crippen LogP contribution in [0, 0.1) is 0 Å². The lowest BCUT2D eigenvalue weighted by Gasteiger charge is -2.02. The second-order valence-electron chi connectivity index (χ2n) is 5.77. The highest BCUT2D eigenvalue weighted by Gasteiger charge is 1.97. The normalized spacial score (nSPS) is 11.4. The quantitative estimate of drug-likeness (QED) is 0.384. The van der Waals surface area contributed by atoms with Gasteiger partial charge in [0.05, 0.1) is 0 Å². The third kappa shape index (κ3) is 5.38. The second-order valence-corrected chi connectivity index (χ2v) is 5.77. The number of phenols is 1. The van der Waals surface area contributed by atoms with Gasteiger partial charge in [0.1, 0.15) is 12.0 Å². The van der Waals surface area contributed by atoms with Gasteiger partial charge in [-0.05, 0) is 45.8 Å². The molecule has 0 saturated heterocycles. The lowest BCUT2D eigenvalue weighted by molar-refractivity contribution is 0.172. The van der Waals surface area contributed by atoms with Crippen LogP contribution in [0.1, 0.15) is 0 Å². The first-order valence-electron chi connectivity index (χ1n) is 8.68. The summed E-state index contributed by atoms with van der Waals surface area (Å²) in [5, 5.41) is 13.9. The van der Waals surface area contributed by atoms with E-state index in [-0.39, 0.29) is 0 Å². The average Bonchev–Trinajstić information content (AvgIpc) is 2.76. The number of benzene rings is 4. The fourth-order valence-corrected chi connectivity index (χ4v) is 2.64. The molecule has 3 heteroatoms. The molecule has 0 spiro atoms. The van der Waals surface area contributed by atoms with Gasteiger partial charge in [0.25, 0.3) is 0 Å². The first kappa shape index (κ1) is 18.1. The number of phenolic OH excluding ortho intramolecular Hbond substituents is 1. The zero-order chi connectivity index (χ0) is 18.7. The van der Waals surface area contributed by atoms with Crippen molar-refractivity contribution in [2.45, 2.75) is 0 Å². The van der Waals surface area contributed by atoms with Gasteiger partial charge < -0.3 is 9.94 Å². The molecule has 3 nitrogen and oxygen atoms in total. The molecule has 27 heavy (non-hydrogen) atoms. The maximum atomic E-state index is 8.63. The Hall–Kier alpha value is -3.72. The van der Waals surface area contributed by atoms with Crippen LogP contribution in [0.5, 0.6) is 5.75 Å². The Labute approximate surface area is 158 Å². The number of allylic oxidation sites excluding steroid dienone is 2. The van der Waals surface area contributed by atoms with E-state index in [1.54, 1.807) is 42.8 Å². The Morgan fingerprint density at radius 1 is 0.593 bits per heavy atom. The summed E-state index contributed by atoms with van der Waals surface area (Å²) >= 11 is 0. The van der Waals surface area contributed by atoms with E-state index in [4.69, 9.17) is 5.11 Å². The van der Waals surface area contributed by atoms with E-state index in [1.165, 1.54) is 21.5 Å². The molecule has 134 valence electrons. The third-order valence-corrected chi connectivity index (χ3v) is 3.90. The highest BCUT2D eigenvalue weighted by Crippen LogP contribution is 2.24. The van der Waals surface area contributed by atoms with E-state index in [2.05, 4.69) is 71.0 Å². The molecule has 0 fully saturated rings. The smallest absolute Gasteiger partial charge is 0.119 e. The Bertz CT molecular complexity index is 973. The van der Waals surface area contributed by atoms with E-state index in [1.807, 2.05) is 12.1 Å². The van der Waals surface area contributed by atoms with Crippen molar-refractivity contribution in [3.8, 4) is 5.75 Å². The molecule has 1 heterocycles. The SMILES string of the molecule is C1=CNOC=C1.Oc1ccccc1.c1ccc2c(c1)ccc1ccccc12. The van der Waals surface area contributed by atoms with Crippen molar-refractivity contribution in [1.29, 1.82) is 0 Å². The highest BCUT2D eigenvalue weighted by molar-refractivity contribution is 6.07. The van der Waals surface area contributed by atoms with Crippen molar-refractivity contribution >= 4 is 21.5 Å². The molecule has 5 rings (SSSR count). The topological polar surface area (TPSA) is 41.5 Å². The maximum absolute atomic E-state index is 8.63. The summed E-state index contributed by atoms with van der Waals surface area (Å²) in [5.74, 6) is 0.322. The summed E-state index contributed by atoms with van der Waals surface area (Å²) < 4.78 is 0. The van der Waals surface area contributed by atoms with Gasteiger partial charge in [-0.3, -0.25) is 0 Å². The summed E-state index contributed by atoms with van der Waals surface area (Å²) in [7, 11) is 0. The number of hydrogen-bond donors (Lipinski definition) is 2. The van der Waals surface area contributed by atoms with Crippen molar-refractivity contribution < 1.29 is 9.94 Å². The van der Waals surface area contributed by atoms with Crippen LogP contribution in [-0.4, -0.2) is 5.11 Å². The van der Waals surface area contributed by atoms with Gasteiger partial charge in [-0.15, -0.1) is 0 Å². The summed E-state index contributed by atoms with van der Waals surface area (Å²) in [6.45, 7) is 0. The minimum Gasteiger partial charge on any atom is -0.508 e. The molecule has 0 bridgehead atoms. The van der Waals surface area contributed by atoms with Gasteiger partial charge in [0, 0.05) is 6.20 Å². The van der Waals surface area contributed by atoms with Gasteiger partial charge in [-0.1, -0.05) is 78.9 Å². The summed E-state index contributed by atoms with van der Waals surface area (Å²) in [6, 6.07) is 30.1. The monoisotopic (exact) mass is 355 g/mol. The van der Waals surface area contributed by atoms with Crippen LogP contribution in [-0.2, 0) is 4.84 Å². The van der Waals surface area contributed by atoms with Crippen LogP contribution >= 0.6 is 0 Å². The van der Waals surface area contributed by atoms with Gasteiger partial charge in [-0.25, -0.2) is 5.48 Å². The Balaban J connectivity index is 0.000000135. The molecular weight excluding hydrogens is 334 g/mol. The molecule has 1 aliphatic rings. The second kappa shape index (κ2) is 9.68. The molecule has 0 unspecified atom stereocenters. The minimum absolute atomic E-state index is 0.322. The summed E-state index contributed by atoms with van der Waals surface area (Å²) in [5.41, 5.74) is 2.52. The van der Waals surface area contributed by atoms with Gasteiger partial charge in [-0.2, -0.15) is 0 Å². The van der Waals surface area contributed by atoms with Gasteiger partial charge in [0.2, 0.25) is 0 Å². The number of fused-ring (bicyclic) bond motifs is 3. The van der Waals surface area contributed by atoms with Crippen molar-refractivity contribution in [3.63, 3.8) is 0 Å². The summed E-state index contributed by atoms with van der Waals surface area (Å²) in [4.78, 5) is 4.55. The average molecular weight is 355 g/mol. The number of rotatable bonds is 0. The lowest BCUT2D eigenvalue weighted by atomic mass is 10.0. The Morgan fingerprint density at radius 2 is 1.15 bits per heavy atom. The van der Waals surface area contributed by atoms with Crippen molar-refractivity contribution in [1.82, 2.24) is 5.48 Å². The summed E-state index contributed by atoms with van der Waals surface area (Å²) in [6.07, 6.45) is 6.93. The largest absolute Gasteiger partial charge is 0.508 e. The zero-order valence-electron chi connectivity index (χ0n) is 14.8. The van der Waals surface area contributed by atoms with E-state index in [0.717, 1.165) is 0 Å². The van der Waals surface area contributed by atoms with E-state index in [9.17, 15) is 0 Å². The fourth-order valence-electron chi connectivity index (χ4n) is 2.64. The van der Waals surface area contributed by atoms with Crippen LogP contribution in [0.15, 0.2) is 116 Å². The standard InChI is InChI=1S/C14H10.C6H6O.C4H5NO/c1-3-7-13-11(5-1)9-10-12-6-2-4-8-14(12)13;7-6-4-2-1-3-5-6;1-2-4-6-5-3-1/h1-10H;1-5,7H;1-5H. The molecule has 4 aromatic rings. The molecule has 0 atom stereocenters. The molecule has 4 aromatic carbocycles.